The van der Waals surface area contributed by atoms with E-state index in [-0.39, 0.29) is 5.91 Å². The van der Waals surface area contributed by atoms with E-state index in [4.69, 9.17) is 15.2 Å². The van der Waals surface area contributed by atoms with Gasteiger partial charge in [0, 0.05) is 51.6 Å². The molecule has 0 aliphatic carbocycles. The SMILES string of the molecule is CN1CCN(CCOc2ccc(NC(=O)C3(N)CCOCC3)cc2)CC1. The zero-order valence-electron chi connectivity index (χ0n) is 15.6. The maximum absolute atomic E-state index is 12.4. The Hall–Kier alpha value is -1.67. The monoisotopic (exact) mass is 362 g/mol. The molecule has 3 N–H and O–H groups in total. The first-order chi connectivity index (χ1) is 12.5. The van der Waals surface area contributed by atoms with Crippen LogP contribution in [0.4, 0.5) is 5.69 Å². The Labute approximate surface area is 155 Å². The molecule has 2 aliphatic heterocycles. The van der Waals surface area contributed by atoms with Crippen LogP contribution in [0, 0.1) is 0 Å². The summed E-state index contributed by atoms with van der Waals surface area (Å²) in [6, 6.07) is 7.47. The summed E-state index contributed by atoms with van der Waals surface area (Å²) < 4.78 is 11.1. The van der Waals surface area contributed by atoms with E-state index in [9.17, 15) is 4.79 Å². The maximum Gasteiger partial charge on any atom is 0.244 e. The summed E-state index contributed by atoms with van der Waals surface area (Å²) in [5, 5.41) is 2.90. The molecule has 0 unspecified atom stereocenters. The highest BCUT2D eigenvalue weighted by Gasteiger charge is 2.35. The number of amides is 1. The number of nitrogens with zero attached hydrogens (tertiary/aromatic N) is 2. The quantitative estimate of drug-likeness (QED) is 0.778. The molecular formula is C19H30N4O3. The van der Waals surface area contributed by atoms with Crippen LogP contribution in [0.25, 0.3) is 0 Å². The second-order valence-electron chi connectivity index (χ2n) is 7.24. The summed E-state index contributed by atoms with van der Waals surface area (Å²) >= 11 is 0. The van der Waals surface area contributed by atoms with Crippen LogP contribution >= 0.6 is 0 Å². The first-order valence-electron chi connectivity index (χ1n) is 9.37. The number of anilines is 1. The number of benzene rings is 1. The molecule has 0 atom stereocenters. The van der Waals surface area contributed by atoms with E-state index >= 15 is 0 Å². The number of nitrogens with one attached hydrogen (secondary N) is 1. The van der Waals surface area contributed by atoms with Crippen LogP contribution in [0.5, 0.6) is 5.75 Å². The van der Waals surface area contributed by atoms with E-state index in [0.717, 1.165) is 44.2 Å². The van der Waals surface area contributed by atoms with Gasteiger partial charge in [-0.1, -0.05) is 0 Å². The fourth-order valence-electron chi connectivity index (χ4n) is 3.22. The van der Waals surface area contributed by atoms with Crippen molar-refractivity contribution in [3.63, 3.8) is 0 Å². The fraction of sp³-hybridized carbons (Fsp3) is 0.632. The summed E-state index contributed by atoms with van der Waals surface area (Å²) in [4.78, 5) is 17.2. The molecule has 0 radical (unpaired) electrons. The van der Waals surface area contributed by atoms with E-state index in [2.05, 4.69) is 22.2 Å². The van der Waals surface area contributed by atoms with Crippen molar-refractivity contribution in [3.05, 3.63) is 24.3 Å². The number of nitrogens with two attached hydrogens (primary N) is 1. The van der Waals surface area contributed by atoms with Gasteiger partial charge in [0.25, 0.3) is 0 Å². The molecule has 7 nitrogen and oxygen atoms in total. The van der Waals surface area contributed by atoms with Crippen LogP contribution in [-0.2, 0) is 9.53 Å². The molecule has 0 aromatic heterocycles. The summed E-state index contributed by atoms with van der Waals surface area (Å²) in [5.74, 6) is 0.662. The molecule has 2 fully saturated rings. The standard InChI is InChI=1S/C19H30N4O3/c1-22-8-10-23(11-9-22)12-15-26-17-4-2-16(3-5-17)21-18(24)19(20)6-13-25-14-7-19/h2-5H,6-15,20H2,1H3,(H,21,24). The van der Waals surface area contributed by atoms with Gasteiger partial charge >= 0.3 is 0 Å². The maximum atomic E-state index is 12.4. The number of hydrogen-bond acceptors (Lipinski definition) is 6. The van der Waals surface area contributed by atoms with Gasteiger partial charge in [0.15, 0.2) is 0 Å². The van der Waals surface area contributed by atoms with Gasteiger partial charge in [-0.3, -0.25) is 9.69 Å². The van der Waals surface area contributed by atoms with E-state index in [1.807, 2.05) is 24.3 Å². The number of ether oxygens (including phenoxy) is 2. The Kier molecular flexibility index (Phi) is 6.48. The van der Waals surface area contributed by atoms with Crippen molar-refractivity contribution in [3.8, 4) is 5.75 Å². The minimum Gasteiger partial charge on any atom is -0.492 e. The number of carbonyl (C=O) groups is 1. The molecular weight excluding hydrogens is 332 g/mol. The zero-order chi connectivity index (χ0) is 18.4. The average molecular weight is 362 g/mol. The van der Waals surface area contributed by atoms with Crippen molar-refractivity contribution >= 4 is 11.6 Å². The lowest BCUT2D eigenvalue weighted by Gasteiger charge is -2.32. The average Bonchev–Trinajstić information content (AvgIpc) is 2.65. The van der Waals surface area contributed by atoms with Crippen LogP contribution < -0.4 is 15.8 Å². The van der Waals surface area contributed by atoms with Gasteiger partial charge in [0.05, 0.1) is 0 Å². The smallest absolute Gasteiger partial charge is 0.244 e. The molecule has 0 saturated carbocycles. The normalized spacial score (nSPS) is 21.3. The van der Waals surface area contributed by atoms with Crippen molar-refractivity contribution in [2.45, 2.75) is 18.4 Å². The van der Waals surface area contributed by atoms with Crippen LogP contribution in [0.2, 0.25) is 0 Å². The molecule has 2 heterocycles. The molecule has 2 saturated heterocycles. The van der Waals surface area contributed by atoms with Crippen molar-refractivity contribution in [2.75, 3.05) is 64.9 Å². The Morgan fingerprint density at radius 1 is 1.19 bits per heavy atom. The molecule has 1 aromatic rings. The highest BCUT2D eigenvalue weighted by atomic mass is 16.5. The summed E-state index contributed by atoms with van der Waals surface area (Å²) in [7, 11) is 2.16. The molecule has 26 heavy (non-hydrogen) atoms. The third-order valence-electron chi connectivity index (χ3n) is 5.22. The fourth-order valence-corrected chi connectivity index (χ4v) is 3.22. The van der Waals surface area contributed by atoms with Crippen molar-refractivity contribution in [1.29, 1.82) is 0 Å². The second-order valence-corrected chi connectivity index (χ2v) is 7.24. The lowest BCUT2D eigenvalue weighted by atomic mass is 9.90. The first-order valence-corrected chi connectivity index (χ1v) is 9.37. The van der Waals surface area contributed by atoms with Crippen molar-refractivity contribution < 1.29 is 14.3 Å². The van der Waals surface area contributed by atoms with E-state index in [1.54, 1.807) is 0 Å². The molecule has 7 heteroatoms. The predicted octanol–water partition coefficient (Wildman–Crippen LogP) is 0.759. The Balaban J connectivity index is 1.42. The minimum absolute atomic E-state index is 0.149. The number of rotatable bonds is 6. The first kappa shape index (κ1) is 19.1. The lowest BCUT2D eigenvalue weighted by Crippen LogP contribution is -2.54. The highest BCUT2D eigenvalue weighted by molar-refractivity contribution is 5.98. The minimum atomic E-state index is -0.837. The van der Waals surface area contributed by atoms with Gasteiger partial charge < -0.3 is 25.4 Å². The van der Waals surface area contributed by atoms with E-state index in [1.165, 1.54) is 0 Å². The summed E-state index contributed by atoms with van der Waals surface area (Å²) in [6.45, 7) is 7.08. The lowest BCUT2D eigenvalue weighted by molar-refractivity contribution is -0.124. The highest BCUT2D eigenvalue weighted by Crippen LogP contribution is 2.21. The zero-order valence-corrected chi connectivity index (χ0v) is 15.6. The van der Waals surface area contributed by atoms with Crippen LogP contribution in [-0.4, -0.2) is 80.8 Å². The second kappa shape index (κ2) is 8.81. The molecule has 144 valence electrons. The Morgan fingerprint density at radius 2 is 1.85 bits per heavy atom. The van der Waals surface area contributed by atoms with Gasteiger partial charge in [0.2, 0.25) is 5.91 Å². The molecule has 2 aliphatic rings. The van der Waals surface area contributed by atoms with E-state index in [0.29, 0.717) is 32.7 Å². The number of hydrogen-bond donors (Lipinski definition) is 2. The summed E-state index contributed by atoms with van der Waals surface area (Å²) in [6.07, 6.45) is 1.10. The van der Waals surface area contributed by atoms with E-state index < -0.39 is 5.54 Å². The van der Waals surface area contributed by atoms with Crippen molar-refractivity contribution in [2.24, 2.45) is 5.73 Å². The molecule has 3 rings (SSSR count). The third kappa shape index (κ3) is 5.17. The Bertz CT molecular complexity index is 579. The topological polar surface area (TPSA) is 80.1 Å². The molecule has 1 amide bonds. The van der Waals surface area contributed by atoms with Crippen molar-refractivity contribution in [1.82, 2.24) is 9.80 Å². The van der Waals surface area contributed by atoms with Crippen LogP contribution in [0.3, 0.4) is 0 Å². The number of likely N-dealkylation sites (N-methyl/N-ethyl adjacent to an activating group) is 1. The van der Waals surface area contributed by atoms with Gasteiger partial charge in [-0.25, -0.2) is 0 Å². The van der Waals surface area contributed by atoms with Gasteiger partial charge in [0.1, 0.15) is 17.9 Å². The van der Waals surface area contributed by atoms with Crippen LogP contribution in [0.15, 0.2) is 24.3 Å². The van der Waals surface area contributed by atoms with Crippen LogP contribution in [0.1, 0.15) is 12.8 Å². The van der Waals surface area contributed by atoms with Gasteiger partial charge in [-0.2, -0.15) is 0 Å². The number of piperazine rings is 1. The van der Waals surface area contributed by atoms with Gasteiger partial charge in [-0.05, 0) is 44.2 Å². The largest absolute Gasteiger partial charge is 0.492 e. The third-order valence-corrected chi connectivity index (χ3v) is 5.22. The molecule has 1 aromatic carbocycles. The molecule has 0 bridgehead atoms. The van der Waals surface area contributed by atoms with Gasteiger partial charge in [-0.15, -0.1) is 0 Å². The molecule has 0 spiro atoms. The predicted molar refractivity (Wildman–Crippen MR) is 101 cm³/mol. The number of carbonyl (C=O) groups excluding carboxylic acids is 1. The summed E-state index contributed by atoms with van der Waals surface area (Å²) in [5.41, 5.74) is 6.10. The Morgan fingerprint density at radius 3 is 2.50 bits per heavy atom.